The molecule has 0 unspecified atom stereocenters. The highest BCUT2D eigenvalue weighted by molar-refractivity contribution is 5.15. The molecule has 0 spiro atoms. The fraction of sp³-hybridized carbons (Fsp3) is 0.412. The van der Waals surface area contributed by atoms with Crippen molar-refractivity contribution in [1.82, 2.24) is 5.32 Å². The molecule has 21 heavy (non-hydrogen) atoms. The van der Waals surface area contributed by atoms with Crippen molar-refractivity contribution in [1.29, 1.82) is 0 Å². The lowest BCUT2D eigenvalue weighted by Crippen LogP contribution is -2.43. The molecule has 4 heteroatoms. The van der Waals surface area contributed by atoms with Gasteiger partial charge in [0.1, 0.15) is 24.2 Å². The number of hydrogen-bond donors (Lipinski definition) is 1. The van der Waals surface area contributed by atoms with E-state index in [0.29, 0.717) is 19.1 Å². The van der Waals surface area contributed by atoms with E-state index in [-0.39, 0.29) is 11.9 Å². The van der Waals surface area contributed by atoms with E-state index in [2.05, 4.69) is 18.5 Å². The molecule has 0 aromatic heterocycles. The molecule has 1 atom stereocenters. The molecule has 0 radical (unpaired) electrons. The number of unbranched alkanes of at least 4 members (excludes halogenated alkanes) is 2. The van der Waals surface area contributed by atoms with Crippen LogP contribution >= 0.6 is 0 Å². The molecule has 2 rings (SSSR count). The van der Waals surface area contributed by atoms with Gasteiger partial charge in [-0.1, -0.05) is 18.7 Å². The average Bonchev–Trinajstić information content (AvgIpc) is 2.48. The monoisotopic (exact) mass is 291 g/mol. The van der Waals surface area contributed by atoms with Gasteiger partial charge in [-0.2, -0.15) is 0 Å². The van der Waals surface area contributed by atoms with E-state index < -0.39 is 0 Å². The third-order valence-corrected chi connectivity index (χ3v) is 3.46. The predicted octanol–water partition coefficient (Wildman–Crippen LogP) is 3.53. The quantitative estimate of drug-likeness (QED) is 0.558. The summed E-state index contributed by atoms with van der Waals surface area (Å²) in [6.45, 7) is 8.84. The van der Waals surface area contributed by atoms with Crippen molar-refractivity contribution >= 4 is 0 Å². The van der Waals surface area contributed by atoms with Crippen LogP contribution in [0.3, 0.4) is 0 Å². The van der Waals surface area contributed by atoms with Gasteiger partial charge in [-0.3, -0.25) is 0 Å². The summed E-state index contributed by atoms with van der Waals surface area (Å²) >= 11 is 0. The SMILES string of the molecule is C=C(N[C@@H]1COC1=C)OCCCCCc1ccc(F)cc1. The lowest BCUT2D eigenvalue weighted by atomic mass is 10.1. The number of nitrogens with one attached hydrogen (secondary N) is 1. The summed E-state index contributed by atoms with van der Waals surface area (Å²) < 4.78 is 23.3. The first-order chi connectivity index (χ1) is 10.1. The van der Waals surface area contributed by atoms with Crippen LogP contribution in [0.25, 0.3) is 0 Å². The molecule has 1 aromatic rings. The number of benzene rings is 1. The minimum atomic E-state index is -0.183. The first kappa shape index (κ1) is 15.4. The van der Waals surface area contributed by atoms with Crippen molar-refractivity contribution in [2.45, 2.75) is 31.7 Å². The van der Waals surface area contributed by atoms with Crippen molar-refractivity contribution in [3.05, 3.63) is 60.4 Å². The fourth-order valence-corrected chi connectivity index (χ4v) is 2.10. The lowest BCUT2D eigenvalue weighted by Gasteiger charge is -2.31. The minimum Gasteiger partial charge on any atom is -0.494 e. The van der Waals surface area contributed by atoms with Crippen molar-refractivity contribution in [3.8, 4) is 0 Å². The second-order valence-corrected chi connectivity index (χ2v) is 5.18. The summed E-state index contributed by atoms with van der Waals surface area (Å²) in [7, 11) is 0. The average molecular weight is 291 g/mol. The Balaban J connectivity index is 1.49. The van der Waals surface area contributed by atoms with Crippen molar-refractivity contribution < 1.29 is 13.9 Å². The lowest BCUT2D eigenvalue weighted by molar-refractivity contribution is 0.0636. The van der Waals surface area contributed by atoms with Crippen molar-refractivity contribution in [3.63, 3.8) is 0 Å². The first-order valence-corrected chi connectivity index (χ1v) is 7.29. The Morgan fingerprint density at radius 2 is 2.05 bits per heavy atom. The Kier molecular flexibility index (Phi) is 5.67. The standard InChI is InChI=1S/C17H22FNO2/c1-13-17(12-21-13)19-14(2)20-11-5-3-4-6-15-7-9-16(18)10-8-15/h7-10,17,19H,1-6,11-12H2/t17-/m1/s1. The zero-order valence-electron chi connectivity index (χ0n) is 12.2. The summed E-state index contributed by atoms with van der Waals surface area (Å²) in [6, 6.07) is 6.82. The third kappa shape index (κ3) is 5.14. The van der Waals surface area contributed by atoms with Crippen LogP contribution < -0.4 is 5.32 Å². The Labute approximate surface area is 125 Å². The second-order valence-electron chi connectivity index (χ2n) is 5.18. The van der Waals surface area contributed by atoms with Gasteiger partial charge in [-0.15, -0.1) is 0 Å². The molecule has 1 aliphatic rings. The van der Waals surface area contributed by atoms with Gasteiger partial charge in [-0.25, -0.2) is 4.39 Å². The van der Waals surface area contributed by atoms with E-state index in [1.54, 1.807) is 0 Å². The molecule has 0 saturated carbocycles. The summed E-state index contributed by atoms with van der Waals surface area (Å²) in [5.41, 5.74) is 1.17. The highest BCUT2D eigenvalue weighted by Gasteiger charge is 2.24. The van der Waals surface area contributed by atoms with Gasteiger partial charge in [0.25, 0.3) is 0 Å². The van der Waals surface area contributed by atoms with Crippen LogP contribution in [0.4, 0.5) is 4.39 Å². The largest absolute Gasteiger partial charge is 0.494 e. The maximum Gasteiger partial charge on any atom is 0.179 e. The summed E-state index contributed by atoms with van der Waals surface area (Å²) in [6.07, 6.45) is 4.09. The molecule has 1 aliphatic heterocycles. The topological polar surface area (TPSA) is 30.5 Å². The van der Waals surface area contributed by atoms with E-state index in [0.717, 1.165) is 31.4 Å². The normalized spacial score (nSPS) is 16.8. The maximum absolute atomic E-state index is 12.8. The highest BCUT2D eigenvalue weighted by atomic mass is 19.1. The van der Waals surface area contributed by atoms with E-state index in [1.807, 2.05) is 12.1 Å². The molecule has 0 amide bonds. The Morgan fingerprint density at radius 3 is 2.67 bits per heavy atom. The Morgan fingerprint density at radius 1 is 1.29 bits per heavy atom. The van der Waals surface area contributed by atoms with Crippen LogP contribution in [0.15, 0.2) is 49.1 Å². The molecule has 0 bridgehead atoms. The van der Waals surface area contributed by atoms with E-state index >= 15 is 0 Å². The number of rotatable bonds is 9. The van der Waals surface area contributed by atoms with E-state index in [4.69, 9.17) is 9.47 Å². The maximum atomic E-state index is 12.8. The summed E-state index contributed by atoms with van der Waals surface area (Å²) in [4.78, 5) is 0. The molecular formula is C17H22FNO2. The first-order valence-electron chi connectivity index (χ1n) is 7.29. The number of aryl methyl sites for hydroxylation is 1. The van der Waals surface area contributed by atoms with Crippen LogP contribution in [0.5, 0.6) is 0 Å². The van der Waals surface area contributed by atoms with Crippen molar-refractivity contribution in [2.24, 2.45) is 0 Å². The Bertz CT molecular complexity index is 484. The molecule has 1 heterocycles. The number of halogens is 1. The molecule has 1 aromatic carbocycles. The smallest absolute Gasteiger partial charge is 0.179 e. The highest BCUT2D eigenvalue weighted by Crippen LogP contribution is 2.15. The number of ether oxygens (including phenoxy) is 2. The van der Waals surface area contributed by atoms with Gasteiger partial charge in [0.05, 0.1) is 6.61 Å². The van der Waals surface area contributed by atoms with Gasteiger partial charge in [0, 0.05) is 0 Å². The van der Waals surface area contributed by atoms with E-state index in [1.165, 1.54) is 17.7 Å². The summed E-state index contributed by atoms with van der Waals surface area (Å²) in [5, 5.41) is 3.11. The molecule has 0 aliphatic carbocycles. The Hall–Kier alpha value is -1.97. The van der Waals surface area contributed by atoms with Crippen LogP contribution in [0.1, 0.15) is 24.8 Å². The molecule has 3 nitrogen and oxygen atoms in total. The second kappa shape index (κ2) is 7.72. The van der Waals surface area contributed by atoms with Crippen molar-refractivity contribution in [2.75, 3.05) is 13.2 Å². The minimum absolute atomic E-state index is 0.135. The predicted molar refractivity (Wildman–Crippen MR) is 81.1 cm³/mol. The van der Waals surface area contributed by atoms with Gasteiger partial charge < -0.3 is 14.8 Å². The van der Waals surface area contributed by atoms with Crippen LogP contribution in [-0.4, -0.2) is 19.3 Å². The number of hydrogen-bond acceptors (Lipinski definition) is 3. The third-order valence-electron chi connectivity index (χ3n) is 3.46. The molecule has 1 fully saturated rings. The van der Waals surface area contributed by atoms with Gasteiger partial charge in [0.15, 0.2) is 5.88 Å². The van der Waals surface area contributed by atoms with Crippen LogP contribution in [0, 0.1) is 5.82 Å². The molecular weight excluding hydrogens is 269 g/mol. The zero-order chi connectivity index (χ0) is 15.1. The van der Waals surface area contributed by atoms with Gasteiger partial charge >= 0.3 is 0 Å². The fourth-order valence-electron chi connectivity index (χ4n) is 2.10. The van der Waals surface area contributed by atoms with Crippen LogP contribution in [0.2, 0.25) is 0 Å². The molecule has 114 valence electrons. The van der Waals surface area contributed by atoms with Crippen LogP contribution in [-0.2, 0) is 15.9 Å². The summed E-state index contributed by atoms with van der Waals surface area (Å²) in [5.74, 6) is 1.12. The zero-order valence-corrected chi connectivity index (χ0v) is 12.2. The molecule has 1 saturated heterocycles. The van der Waals surface area contributed by atoms with Gasteiger partial charge in [0.2, 0.25) is 0 Å². The van der Waals surface area contributed by atoms with E-state index in [9.17, 15) is 4.39 Å². The van der Waals surface area contributed by atoms with Gasteiger partial charge in [-0.05, 0) is 50.0 Å². The molecule has 1 N–H and O–H groups in total.